The normalized spacial score (nSPS) is 19.8. The van der Waals surface area contributed by atoms with Gasteiger partial charge in [-0.3, -0.25) is 4.79 Å². The molecule has 0 saturated carbocycles. The van der Waals surface area contributed by atoms with Gasteiger partial charge in [0.15, 0.2) is 0 Å². The minimum Gasteiger partial charge on any atom is -0.480 e. The fraction of sp³-hybridized carbons (Fsp3) is 0.625. The van der Waals surface area contributed by atoms with Crippen molar-refractivity contribution in [3.8, 4) is 0 Å². The van der Waals surface area contributed by atoms with E-state index in [4.69, 9.17) is 5.11 Å². The van der Waals surface area contributed by atoms with Gasteiger partial charge in [-0.05, 0) is 23.8 Å². The van der Waals surface area contributed by atoms with Crippen LogP contribution in [0.2, 0.25) is 0 Å². The van der Waals surface area contributed by atoms with Gasteiger partial charge in [0.05, 0.1) is 0 Å². The molecule has 12 heavy (non-hydrogen) atoms. The maximum absolute atomic E-state index is 10.8. The van der Waals surface area contributed by atoms with E-state index in [-0.39, 0.29) is 6.04 Å². The van der Waals surface area contributed by atoms with Crippen molar-refractivity contribution in [2.75, 3.05) is 6.54 Å². The van der Waals surface area contributed by atoms with E-state index in [2.05, 4.69) is 0 Å². The van der Waals surface area contributed by atoms with Crippen LogP contribution in [-0.2, 0) is 4.79 Å². The highest BCUT2D eigenvalue weighted by Crippen LogP contribution is 2.23. The predicted molar refractivity (Wildman–Crippen MR) is 49.8 cm³/mol. The summed E-state index contributed by atoms with van der Waals surface area (Å²) in [7, 11) is 0. The SMILES string of the molecule is CCCC(C(=O)O)N1CC=CS1. The van der Waals surface area contributed by atoms with Crippen molar-refractivity contribution in [3.63, 3.8) is 0 Å². The molecule has 0 spiro atoms. The van der Waals surface area contributed by atoms with Crippen molar-refractivity contribution in [2.45, 2.75) is 25.8 Å². The summed E-state index contributed by atoms with van der Waals surface area (Å²) in [6.45, 7) is 2.76. The first-order chi connectivity index (χ1) is 5.75. The summed E-state index contributed by atoms with van der Waals surface area (Å²) in [5, 5.41) is 10.8. The molecule has 1 aliphatic rings. The minimum atomic E-state index is -0.715. The lowest BCUT2D eigenvalue weighted by atomic mass is 10.2. The van der Waals surface area contributed by atoms with Gasteiger partial charge >= 0.3 is 5.97 Å². The van der Waals surface area contributed by atoms with Crippen molar-refractivity contribution in [2.24, 2.45) is 0 Å². The number of hydrogen-bond donors (Lipinski definition) is 1. The Morgan fingerprint density at radius 1 is 1.83 bits per heavy atom. The van der Waals surface area contributed by atoms with Gasteiger partial charge in [-0.2, -0.15) is 0 Å². The molecule has 0 fully saturated rings. The molecule has 1 rings (SSSR count). The molecule has 1 heterocycles. The van der Waals surface area contributed by atoms with E-state index < -0.39 is 5.97 Å². The molecule has 1 aliphatic heterocycles. The Hall–Kier alpha value is -0.480. The third-order valence-electron chi connectivity index (χ3n) is 1.77. The fourth-order valence-corrected chi connectivity index (χ4v) is 2.02. The van der Waals surface area contributed by atoms with Crippen LogP contribution in [0.5, 0.6) is 0 Å². The Morgan fingerprint density at radius 3 is 3.00 bits per heavy atom. The van der Waals surface area contributed by atoms with Gasteiger partial charge in [-0.25, -0.2) is 4.31 Å². The fourth-order valence-electron chi connectivity index (χ4n) is 1.18. The molecule has 0 amide bonds. The quantitative estimate of drug-likeness (QED) is 0.680. The standard InChI is InChI=1S/C8H13NO2S/c1-2-4-7(8(10)11)9-5-3-6-12-9/h3,6-7H,2,4-5H2,1H3,(H,10,11). The number of carboxylic acid groups (broad SMARTS) is 1. The molecule has 0 aromatic rings. The number of aliphatic carboxylic acids is 1. The first-order valence-corrected chi connectivity index (χ1v) is 4.90. The summed E-state index contributed by atoms with van der Waals surface area (Å²) < 4.78 is 1.89. The van der Waals surface area contributed by atoms with E-state index in [1.165, 1.54) is 11.9 Å². The topological polar surface area (TPSA) is 40.5 Å². The Balaban J connectivity index is 2.47. The van der Waals surface area contributed by atoms with Crippen LogP contribution in [0, 0.1) is 0 Å². The Kier molecular flexibility index (Phi) is 3.62. The molecule has 0 saturated heterocycles. The van der Waals surface area contributed by atoms with E-state index in [0.29, 0.717) is 0 Å². The third-order valence-corrected chi connectivity index (χ3v) is 2.76. The molecule has 1 N–H and O–H groups in total. The van der Waals surface area contributed by atoms with Crippen molar-refractivity contribution in [3.05, 3.63) is 11.5 Å². The van der Waals surface area contributed by atoms with Gasteiger partial charge in [-0.1, -0.05) is 19.4 Å². The zero-order valence-corrected chi connectivity index (χ0v) is 7.88. The summed E-state index contributed by atoms with van der Waals surface area (Å²) in [6.07, 6.45) is 3.62. The third kappa shape index (κ3) is 2.25. The number of carboxylic acids is 1. The predicted octanol–water partition coefficient (Wildman–Crippen LogP) is 1.72. The molecule has 4 heteroatoms. The summed E-state index contributed by atoms with van der Waals surface area (Å²) in [4.78, 5) is 10.8. The van der Waals surface area contributed by atoms with Crippen LogP contribution in [0.25, 0.3) is 0 Å². The van der Waals surface area contributed by atoms with Gasteiger partial charge in [-0.15, -0.1) is 0 Å². The van der Waals surface area contributed by atoms with Crippen LogP contribution in [0.15, 0.2) is 11.5 Å². The second-order valence-corrected chi connectivity index (χ2v) is 3.67. The summed E-state index contributed by atoms with van der Waals surface area (Å²) in [5.41, 5.74) is 0. The molecule has 0 aromatic carbocycles. The molecule has 0 bridgehead atoms. The minimum absolute atomic E-state index is 0.324. The molecule has 0 radical (unpaired) electrons. The van der Waals surface area contributed by atoms with Crippen molar-refractivity contribution in [1.29, 1.82) is 0 Å². The summed E-state index contributed by atoms with van der Waals surface area (Å²) in [6, 6.07) is -0.324. The van der Waals surface area contributed by atoms with Crippen LogP contribution < -0.4 is 0 Å². The Morgan fingerprint density at radius 2 is 2.58 bits per heavy atom. The lowest BCUT2D eigenvalue weighted by Crippen LogP contribution is -2.35. The summed E-state index contributed by atoms with van der Waals surface area (Å²) >= 11 is 1.49. The highest BCUT2D eigenvalue weighted by Gasteiger charge is 2.25. The van der Waals surface area contributed by atoms with E-state index in [1.54, 1.807) is 0 Å². The molecule has 0 aliphatic carbocycles. The molecule has 68 valence electrons. The number of carbonyl (C=O) groups is 1. The smallest absolute Gasteiger partial charge is 0.321 e. The van der Waals surface area contributed by atoms with Crippen LogP contribution in [0.4, 0.5) is 0 Å². The molecular formula is C8H13NO2S. The van der Waals surface area contributed by atoms with Gasteiger partial charge in [0.25, 0.3) is 0 Å². The highest BCUT2D eigenvalue weighted by atomic mass is 32.2. The lowest BCUT2D eigenvalue weighted by molar-refractivity contribution is -0.141. The van der Waals surface area contributed by atoms with Crippen LogP contribution in [-0.4, -0.2) is 28.0 Å². The maximum Gasteiger partial charge on any atom is 0.321 e. The van der Waals surface area contributed by atoms with Crippen molar-refractivity contribution >= 4 is 17.9 Å². The average molecular weight is 187 g/mol. The number of hydrogen-bond acceptors (Lipinski definition) is 3. The summed E-state index contributed by atoms with van der Waals surface area (Å²) in [5.74, 6) is -0.715. The van der Waals surface area contributed by atoms with E-state index in [0.717, 1.165) is 19.4 Å². The monoisotopic (exact) mass is 187 g/mol. The maximum atomic E-state index is 10.8. The Labute approximate surface area is 76.6 Å². The first-order valence-electron chi connectivity index (χ1n) is 4.07. The zero-order valence-electron chi connectivity index (χ0n) is 7.06. The molecular weight excluding hydrogens is 174 g/mol. The second kappa shape index (κ2) is 4.52. The molecule has 1 atom stereocenters. The van der Waals surface area contributed by atoms with Crippen molar-refractivity contribution in [1.82, 2.24) is 4.31 Å². The van der Waals surface area contributed by atoms with Gasteiger partial charge in [0, 0.05) is 6.54 Å². The van der Waals surface area contributed by atoms with Crippen molar-refractivity contribution < 1.29 is 9.90 Å². The number of nitrogens with zero attached hydrogens (tertiary/aromatic N) is 1. The average Bonchev–Trinajstić information content (AvgIpc) is 2.51. The van der Waals surface area contributed by atoms with Crippen LogP contribution in [0.3, 0.4) is 0 Å². The molecule has 1 unspecified atom stereocenters. The number of rotatable bonds is 4. The van der Waals surface area contributed by atoms with E-state index in [9.17, 15) is 4.79 Å². The second-order valence-electron chi connectivity index (χ2n) is 2.72. The van der Waals surface area contributed by atoms with Gasteiger partial charge in [0.2, 0.25) is 0 Å². The van der Waals surface area contributed by atoms with Gasteiger partial charge in [0.1, 0.15) is 6.04 Å². The van der Waals surface area contributed by atoms with E-state index in [1.807, 2.05) is 22.7 Å². The lowest BCUT2D eigenvalue weighted by Gasteiger charge is -2.21. The van der Waals surface area contributed by atoms with E-state index >= 15 is 0 Å². The largest absolute Gasteiger partial charge is 0.480 e. The van der Waals surface area contributed by atoms with Crippen LogP contribution in [0.1, 0.15) is 19.8 Å². The highest BCUT2D eigenvalue weighted by molar-refractivity contribution is 8.00. The zero-order chi connectivity index (χ0) is 8.97. The van der Waals surface area contributed by atoms with Crippen LogP contribution >= 0.6 is 11.9 Å². The Bertz CT molecular complexity index is 185. The molecule has 3 nitrogen and oxygen atoms in total. The van der Waals surface area contributed by atoms with Gasteiger partial charge < -0.3 is 5.11 Å². The first kappa shape index (κ1) is 9.61. The molecule has 0 aromatic heterocycles.